The summed E-state index contributed by atoms with van der Waals surface area (Å²) in [7, 11) is 1.59. The summed E-state index contributed by atoms with van der Waals surface area (Å²) in [5, 5.41) is 15.3. The van der Waals surface area contributed by atoms with Crippen LogP contribution in [0.5, 0.6) is 11.6 Å². The summed E-state index contributed by atoms with van der Waals surface area (Å²) in [6, 6.07) is 10.8. The lowest BCUT2D eigenvalue weighted by atomic mass is 10.2. The van der Waals surface area contributed by atoms with Crippen LogP contribution >= 0.6 is 0 Å². The summed E-state index contributed by atoms with van der Waals surface area (Å²) in [5.74, 6) is 0.483. The SMILES string of the molecule is COc1cccc(-c2nnc3ccc(OCCNC(=O)CN4C(=O)CCC4=O)nn23)c1. The molecule has 0 saturated carbocycles. The molecule has 1 fully saturated rings. The van der Waals surface area contributed by atoms with Gasteiger partial charge in [-0.25, -0.2) is 0 Å². The second-order valence-electron chi connectivity index (χ2n) is 6.77. The lowest BCUT2D eigenvalue weighted by Gasteiger charge is -2.13. The Balaban J connectivity index is 1.35. The molecule has 3 heterocycles. The minimum absolute atomic E-state index is 0.156. The van der Waals surface area contributed by atoms with Crippen LogP contribution in [0.15, 0.2) is 36.4 Å². The van der Waals surface area contributed by atoms with Gasteiger partial charge < -0.3 is 14.8 Å². The van der Waals surface area contributed by atoms with Crippen molar-refractivity contribution in [2.24, 2.45) is 0 Å². The molecule has 1 saturated heterocycles. The predicted molar refractivity (Wildman–Crippen MR) is 107 cm³/mol. The van der Waals surface area contributed by atoms with Crippen LogP contribution in [-0.4, -0.2) is 69.2 Å². The van der Waals surface area contributed by atoms with Gasteiger partial charge in [-0.05, 0) is 18.2 Å². The summed E-state index contributed by atoms with van der Waals surface area (Å²) in [6.45, 7) is 0.0783. The molecule has 31 heavy (non-hydrogen) atoms. The van der Waals surface area contributed by atoms with Gasteiger partial charge in [-0.1, -0.05) is 12.1 Å². The molecule has 0 atom stereocenters. The second kappa shape index (κ2) is 8.78. The predicted octanol–water partition coefficient (Wildman–Crippen LogP) is 0.444. The molecule has 3 amide bonds. The van der Waals surface area contributed by atoms with Gasteiger partial charge in [0.1, 0.15) is 18.9 Å². The van der Waals surface area contributed by atoms with Gasteiger partial charge in [-0.2, -0.15) is 4.52 Å². The van der Waals surface area contributed by atoms with E-state index in [9.17, 15) is 14.4 Å². The summed E-state index contributed by atoms with van der Waals surface area (Å²) < 4.78 is 12.4. The van der Waals surface area contributed by atoms with E-state index >= 15 is 0 Å². The number of nitrogens with zero attached hydrogens (tertiary/aromatic N) is 5. The smallest absolute Gasteiger partial charge is 0.240 e. The molecule has 3 aromatic rings. The lowest BCUT2D eigenvalue weighted by molar-refractivity contribution is -0.142. The molecule has 0 aliphatic carbocycles. The summed E-state index contributed by atoms with van der Waals surface area (Å²) in [4.78, 5) is 36.0. The van der Waals surface area contributed by atoms with E-state index in [1.807, 2.05) is 24.3 Å². The molecular formula is C20H20N6O5. The van der Waals surface area contributed by atoms with E-state index in [0.29, 0.717) is 23.1 Å². The largest absolute Gasteiger partial charge is 0.497 e. The van der Waals surface area contributed by atoms with Crippen LogP contribution in [0, 0.1) is 0 Å². The molecule has 11 heteroatoms. The van der Waals surface area contributed by atoms with Crippen LogP contribution < -0.4 is 14.8 Å². The van der Waals surface area contributed by atoms with E-state index in [1.54, 1.807) is 23.8 Å². The van der Waals surface area contributed by atoms with Crippen LogP contribution in [0.2, 0.25) is 0 Å². The number of carbonyl (C=O) groups excluding carboxylic acids is 3. The number of likely N-dealkylation sites (tertiary alicyclic amines) is 1. The maximum Gasteiger partial charge on any atom is 0.240 e. The van der Waals surface area contributed by atoms with E-state index in [-0.39, 0.29) is 44.4 Å². The lowest BCUT2D eigenvalue weighted by Crippen LogP contribution is -2.41. The highest BCUT2D eigenvalue weighted by Crippen LogP contribution is 2.23. The summed E-state index contributed by atoms with van der Waals surface area (Å²) in [6.07, 6.45) is 0.314. The van der Waals surface area contributed by atoms with Crippen molar-refractivity contribution in [1.82, 2.24) is 30.0 Å². The van der Waals surface area contributed by atoms with E-state index in [1.165, 1.54) is 0 Å². The Morgan fingerprint density at radius 3 is 2.71 bits per heavy atom. The second-order valence-corrected chi connectivity index (χ2v) is 6.77. The van der Waals surface area contributed by atoms with Crippen LogP contribution in [0.3, 0.4) is 0 Å². The number of ether oxygens (including phenoxy) is 2. The summed E-state index contributed by atoms with van der Waals surface area (Å²) >= 11 is 0. The molecule has 4 rings (SSSR count). The fraction of sp³-hybridized carbons (Fsp3) is 0.300. The van der Waals surface area contributed by atoms with Gasteiger partial charge in [0.25, 0.3) is 0 Å². The molecule has 0 bridgehead atoms. The highest BCUT2D eigenvalue weighted by atomic mass is 16.5. The number of carbonyl (C=O) groups is 3. The number of rotatable bonds is 8. The van der Waals surface area contributed by atoms with E-state index in [2.05, 4.69) is 20.6 Å². The maximum atomic E-state index is 11.9. The molecule has 0 spiro atoms. The number of hydrogen-bond acceptors (Lipinski definition) is 8. The van der Waals surface area contributed by atoms with Gasteiger partial charge in [0.05, 0.1) is 13.7 Å². The standard InChI is InChI=1S/C20H20N6O5/c1-30-14-4-2-3-13(11-14)20-23-22-15-5-6-17(24-26(15)20)31-10-9-21-16(27)12-25-18(28)7-8-19(25)29/h2-6,11H,7-10,12H2,1H3,(H,21,27). The van der Waals surface area contributed by atoms with Crippen molar-refractivity contribution < 1.29 is 23.9 Å². The Morgan fingerprint density at radius 2 is 1.94 bits per heavy atom. The monoisotopic (exact) mass is 424 g/mol. The van der Waals surface area contributed by atoms with Gasteiger partial charge in [0, 0.05) is 24.5 Å². The first kappa shape index (κ1) is 20.3. The fourth-order valence-electron chi connectivity index (χ4n) is 3.14. The Hall–Kier alpha value is -4.02. The first-order valence-electron chi connectivity index (χ1n) is 9.65. The number of nitrogens with one attached hydrogen (secondary N) is 1. The van der Waals surface area contributed by atoms with Crippen molar-refractivity contribution in [2.45, 2.75) is 12.8 Å². The Bertz CT molecular complexity index is 1130. The zero-order valence-corrected chi connectivity index (χ0v) is 16.8. The molecule has 0 unspecified atom stereocenters. The topological polar surface area (TPSA) is 128 Å². The third-order valence-electron chi connectivity index (χ3n) is 4.70. The molecule has 1 aliphatic rings. The van der Waals surface area contributed by atoms with Crippen LogP contribution in [-0.2, 0) is 14.4 Å². The Kier molecular flexibility index (Phi) is 5.74. The number of benzene rings is 1. The number of amides is 3. The van der Waals surface area contributed by atoms with E-state index in [0.717, 1.165) is 10.5 Å². The zero-order chi connectivity index (χ0) is 21.8. The van der Waals surface area contributed by atoms with E-state index < -0.39 is 5.91 Å². The van der Waals surface area contributed by atoms with Gasteiger partial charge in [-0.3, -0.25) is 19.3 Å². The van der Waals surface area contributed by atoms with Gasteiger partial charge in [-0.15, -0.1) is 15.3 Å². The maximum absolute atomic E-state index is 11.9. The number of methoxy groups -OCH3 is 1. The number of hydrogen-bond donors (Lipinski definition) is 1. The highest BCUT2D eigenvalue weighted by molar-refractivity contribution is 6.04. The minimum Gasteiger partial charge on any atom is -0.497 e. The Labute approximate surface area is 177 Å². The first-order chi connectivity index (χ1) is 15.0. The minimum atomic E-state index is -0.422. The van der Waals surface area contributed by atoms with Gasteiger partial charge >= 0.3 is 0 Å². The molecule has 2 aromatic heterocycles. The third-order valence-corrected chi connectivity index (χ3v) is 4.70. The molecule has 11 nitrogen and oxygen atoms in total. The zero-order valence-electron chi connectivity index (χ0n) is 16.8. The third kappa shape index (κ3) is 4.44. The van der Waals surface area contributed by atoms with Crippen molar-refractivity contribution >= 4 is 23.4 Å². The van der Waals surface area contributed by atoms with Gasteiger partial charge in [0.15, 0.2) is 11.5 Å². The van der Waals surface area contributed by atoms with E-state index in [4.69, 9.17) is 9.47 Å². The number of imide groups is 1. The quantitative estimate of drug-likeness (QED) is 0.408. The Morgan fingerprint density at radius 1 is 1.13 bits per heavy atom. The molecule has 160 valence electrons. The average Bonchev–Trinajstić information content (AvgIpc) is 3.35. The molecule has 1 N–H and O–H groups in total. The van der Waals surface area contributed by atoms with Gasteiger partial charge in [0.2, 0.25) is 23.6 Å². The summed E-state index contributed by atoms with van der Waals surface area (Å²) in [5.41, 5.74) is 1.34. The van der Waals surface area contributed by atoms with Crippen molar-refractivity contribution in [3.63, 3.8) is 0 Å². The van der Waals surface area contributed by atoms with Crippen LogP contribution in [0.1, 0.15) is 12.8 Å². The average molecular weight is 424 g/mol. The van der Waals surface area contributed by atoms with Crippen molar-refractivity contribution in [1.29, 1.82) is 0 Å². The van der Waals surface area contributed by atoms with Crippen molar-refractivity contribution in [3.8, 4) is 23.0 Å². The molecule has 0 radical (unpaired) electrons. The molecular weight excluding hydrogens is 404 g/mol. The fourth-order valence-corrected chi connectivity index (χ4v) is 3.14. The first-order valence-corrected chi connectivity index (χ1v) is 9.65. The van der Waals surface area contributed by atoms with Crippen LogP contribution in [0.4, 0.5) is 0 Å². The number of aromatic nitrogens is 4. The van der Waals surface area contributed by atoms with Crippen molar-refractivity contribution in [3.05, 3.63) is 36.4 Å². The highest BCUT2D eigenvalue weighted by Gasteiger charge is 2.30. The van der Waals surface area contributed by atoms with Crippen molar-refractivity contribution in [2.75, 3.05) is 26.8 Å². The molecule has 1 aromatic carbocycles. The number of fused-ring (bicyclic) bond motifs is 1. The molecule has 1 aliphatic heterocycles. The van der Waals surface area contributed by atoms with Crippen LogP contribution in [0.25, 0.3) is 17.0 Å². The normalized spacial score (nSPS) is 13.6.